The molecule has 1 radical (unpaired) electrons. The first-order valence-electron chi connectivity index (χ1n) is 9.90. The summed E-state index contributed by atoms with van der Waals surface area (Å²) in [7, 11) is 0. The van der Waals surface area contributed by atoms with E-state index < -0.39 is 0 Å². The molecule has 0 saturated heterocycles. The van der Waals surface area contributed by atoms with Gasteiger partial charge in [0.25, 0.3) is 0 Å². The van der Waals surface area contributed by atoms with E-state index >= 15 is 0 Å². The van der Waals surface area contributed by atoms with E-state index in [-0.39, 0.29) is 27.9 Å². The first kappa shape index (κ1) is 31.1. The molecule has 0 amide bonds. The van der Waals surface area contributed by atoms with E-state index in [2.05, 4.69) is 97.4 Å². The molecule has 163 valence electrons. The van der Waals surface area contributed by atoms with Crippen LogP contribution in [0.1, 0.15) is 76.2 Å². The summed E-state index contributed by atoms with van der Waals surface area (Å²) in [5.74, 6) is 1.35. The van der Waals surface area contributed by atoms with Gasteiger partial charge in [0.05, 0.1) is 0 Å². The van der Waals surface area contributed by atoms with Crippen molar-refractivity contribution in [3.63, 3.8) is 0 Å². The van der Waals surface area contributed by atoms with Crippen LogP contribution in [0, 0.1) is 11.8 Å². The molecule has 0 aromatic rings. The fraction of sp³-hybridized carbons (Fsp3) is 1.00. The summed E-state index contributed by atoms with van der Waals surface area (Å²) in [6, 6.07) is 0.360. The van der Waals surface area contributed by atoms with Crippen molar-refractivity contribution in [3.8, 4) is 0 Å². The molecular formula is C21H46CoN4-4. The minimum atomic E-state index is 0. The zero-order valence-electron chi connectivity index (χ0n) is 19.4. The molecule has 0 spiro atoms. The van der Waals surface area contributed by atoms with E-state index in [1.54, 1.807) is 0 Å². The Bertz CT molecular complexity index is 293. The van der Waals surface area contributed by atoms with Crippen LogP contribution in [0.4, 0.5) is 0 Å². The summed E-state index contributed by atoms with van der Waals surface area (Å²) in [5.41, 5.74) is 0.181. The van der Waals surface area contributed by atoms with E-state index in [4.69, 9.17) is 0 Å². The van der Waals surface area contributed by atoms with Crippen LogP contribution in [-0.4, -0.2) is 49.8 Å². The summed E-state index contributed by atoms with van der Waals surface area (Å²) in [6.07, 6.45) is 0. The van der Waals surface area contributed by atoms with Gasteiger partial charge in [0.2, 0.25) is 0 Å². The summed E-state index contributed by atoms with van der Waals surface area (Å²) < 4.78 is 0. The molecule has 1 unspecified atom stereocenters. The normalized spacial score (nSPS) is 13.3. The molecular weight excluding hydrogens is 367 g/mol. The molecule has 4 nitrogen and oxygen atoms in total. The Labute approximate surface area is 176 Å². The van der Waals surface area contributed by atoms with Crippen LogP contribution in [-0.2, 0) is 16.8 Å². The number of nitrogens with zero attached hydrogens (tertiary/aromatic N) is 4. The second-order valence-corrected chi connectivity index (χ2v) is 9.71. The van der Waals surface area contributed by atoms with Crippen LogP contribution in [0.15, 0.2) is 0 Å². The van der Waals surface area contributed by atoms with Gasteiger partial charge in [-0.25, -0.2) is 0 Å². The third-order valence-electron chi connectivity index (χ3n) is 2.83. The van der Waals surface area contributed by atoms with Crippen molar-refractivity contribution >= 4 is 0 Å². The average Bonchev–Trinajstić information content (AvgIpc) is 2.34. The van der Waals surface area contributed by atoms with Crippen molar-refractivity contribution in [1.82, 2.24) is 0 Å². The van der Waals surface area contributed by atoms with E-state index in [9.17, 15) is 0 Å². The first-order valence-corrected chi connectivity index (χ1v) is 9.90. The molecule has 0 aromatic carbocycles. The summed E-state index contributed by atoms with van der Waals surface area (Å²) in [5, 5.41) is 17.9. The van der Waals surface area contributed by atoms with Crippen molar-refractivity contribution in [1.29, 1.82) is 0 Å². The summed E-state index contributed by atoms with van der Waals surface area (Å²) in [4.78, 5) is 0. The Balaban J connectivity index is -0.000000393. The Hall–Kier alpha value is 0.346. The van der Waals surface area contributed by atoms with Crippen LogP contribution in [0.25, 0.3) is 21.3 Å². The fourth-order valence-electron chi connectivity index (χ4n) is 2.03. The van der Waals surface area contributed by atoms with Crippen LogP contribution >= 0.6 is 0 Å². The molecule has 0 bridgehead atoms. The van der Waals surface area contributed by atoms with Gasteiger partial charge in [-0.1, -0.05) is 88.0 Å². The largest absolute Gasteiger partial charge is 0.663 e. The van der Waals surface area contributed by atoms with Gasteiger partial charge in [-0.3, -0.25) is 0 Å². The topological polar surface area (TPSA) is 56.4 Å². The van der Waals surface area contributed by atoms with E-state index in [1.165, 1.54) is 0 Å². The van der Waals surface area contributed by atoms with Crippen LogP contribution < -0.4 is 0 Å². The Morgan fingerprint density at radius 1 is 0.615 bits per heavy atom. The van der Waals surface area contributed by atoms with Gasteiger partial charge in [0.15, 0.2) is 0 Å². The molecule has 0 saturated carbocycles. The van der Waals surface area contributed by atoms with Crippen LogP contribution in [0.5, 0.6) is 0 Å². The predicted octanol–water partition coefficient (Wildman–Crippen LogP) is 6.76. The van der Waals surface area contributed by atoms with Crippen LogP contribution in [0.2, 0.25) is 0 Å². The maximum atomic E-state index is 4.61. The number of hydrogen-bond donors (Lipinski definition) is 0. The molecule has 0 heterocycles. The first-order chi connectivity index (χ1) is 11.2. The van der Waals surface area contributed by atoms with Crippen molar-refractivity contribution in [2.24, 2.45) is 11.8 Å². The minimum absolute atomic E-state index is 0. The monoisotopic (exact) mass is 413 g/mol. The van der Waals surface area contributed by atoms with Crippen molar-refractivity contribution in [2.45, 2.75) is 93.3 Å². The Kier molecular flexibility index (Phi) is 19.5. The zero-order valence-corrected chi connectivity index (χ0v) is 20.4. The van der Waals surface area contributed by atoms with Gasteiger partial charge in [-0.05, 0) is 0 Å². The molecule has 0 rings (SSSR count). The van der Waals surface area contributed by atoms with Gasteiger partial charge in [-0.15, -0.1) is 24.2 Å². The number of rotatable bonds is 10. The second-order valence-electron chi connectivity index (χ2n) is 9.71. The number of hydrogen-bond acceptors (Lipinski definition) is 0. The Morgan fingerprint density at radius 2 is 1.08 bits per heavy atom. The SMILES string of the molecule is CC(C)C[N-]CC(C)[N-]C(C)(C)C.CC(C)C[N-]CC[N-]C(C)(C)C.[Co]. The molecule has 0 fully saturated rings. The van der Waals surface area contributed by atoms with Gasteiger partial charge < -0.3 is 21.3 Å². The fourth-order valence-corrected chi connectivity index (χ4v) is 2.03. The standard InChI is InChI=1S/C11H24N2.C10H22N2.Co/c1-9(2)7-12-8-10(3)13-11(4,5)6;1-9(2)8-11-6-7-12-10(3,4)5;/h9-10H,7-8H2,1-6H3;9H,6-8H2,1-5H3;/q2*-2;. The van der Waals surface area contributed by atoms with E-state index in [1.807, 2.05) is 0 Å². The molecule has 0 N–H and O–H groups in total. The third-order valence-corrected chi connectivity index (χ3v) is 2.83. The maximum absolute atomic E-state index is 4.61. The van der Waals surface area contributed by atoms with E-state index in [0.29, 0.717) is 17.9 Å². The van der Waals surface area contributed by atoms with Crippen molar-refractivity contribution in [3.05, 3.63) is 21.3 Å². The second kappa shape index (κ2) is 16.3. The smallest absolute Gasteiger partial charge is 0 e. The molecule has 26 heavy (non-hydrogen) atoms. The molecule has 0 aliphatic heterocycles. The van der Waals surface area contributed by atoms with Gasteiger partial charge in [-0.2, -0.15) is 25.7 Å². The van der Waals surface area contributed by atoms with Crippen molar-refractivity contribution in [2.75, 3.05) is 32.7 Å². The molecule has 0 aliphatic rings. The summed E-state index contributed by atoms with van der Waals surface area (Å²) >= 11 is 0. The predicted molar refractivity (Wildman–Crippen MR) is 116 cm³/mol. The van der Waals surface area contributed by atoms with Gasteiger partial charge in [0.1, 0.15) is 0 Å². The molecule has 0 aliphatic carbocycles. The average molecular weight is 414 g/mol. The van der Waals surface area contributed by atoms with Gasteiger partial charge in [0, 0.05) is 16.8 Å². The van der Waals surface area contributed by atoms with Gasteiger partial charge >= 0.3 is 0 Å². The molecule has 1 atom stereocenters. The third kappa shape index (κ3) is 32.1. The quantitative estimate of drug-likeness (QED) is 0.355. The Morgan fingerprint density at radius 3 is 1.46 bits per heavy atom. The van der Waals surface area contributed by atoms with E-state index in [0.717, 1.165) is 32.7 Å². The summed E-state index contributed by atoms with van der Waals surface area (Å²) in [6.45, 7) is 28.2. The van der Waals surface area contributed by atoms with Crippen LogP contribution in [0.3, 0.4) is 0 Å². The molecule has 0 aromatic heterocycles. The molecule has 5 heteroatoms. The zero-order chi connectivity index (χ0) is 20.1. The minimum Gasteiger partial charge on any atom is -0.663 e. The maximum Gasteiger partial charge on any atom is 0 e. The van der Waals surface area contributed by atoms with Crippen molar-refractivity contribution < 1.29 is 16.8 Å².